The van der Waals surface area contributed by atoms with Crippen LogP contribution in [-0.2, 0) is 24.3 Å². The monoisotopic (exact) mass is 338 g/mol. The van der Waals surface area contributed by atoms with Crippen molar-refractivity contribution in [1.82, 2.24) is 14.5 Å². The van der Waals surface area contributed by atoms with E-state index in [-0.39, 0.29) is 24.3 Å². The Balaban J connectivity index is 1.60. The van der Waals surface area contributed by atoms with Crippen LogP contribution in [0.15, 0.2) is 24.5 Å². The standard InChI is InChI=1S/C16H17F3N4O/c17-12-8-14(19)13(18)6-10(12)5-11(20)7-16(24)23-4-3-22-2-1-21-15(22)9-23/h1-2,6,8,11H,3-5,7,9,20H2. The number of carbonyl (C=O) groups excluding carboxylic acids is 1. The number of imidazole rings is 1. The van der Waals surface area contributed by atoms with Gasteiger partial charge in [-0.1, -0.05) is 0 Å². The summed E-state index contributed by atoms with van der Waals surface area (Å²) < 4.78 is 41.8. The lowest BCUT2D eigenvalue weighted by Gasteiger charge is -2.28. The maximum absolute atomic E-state index is 13.6. The van der Waals surface area contributed by atoms with E-state index in [0.717, 1.165) is 11.9 Å². The van der Waals surface area contributed by atoms with Crippen LogP contribution in [-0.4, -0.2) is 32.9 Å². The molecule has 3 rings (SSSR count). The van der Waals surface area contributed by atoms with E-state index in [9.17, 15) is 18.0 Å². The van der Waals surface area contributed by atoms with Crippen molar-refractivity contribution >= 4 is 5.91 Å². The fraction of sp³-hybridized carbons (Fsp3) is 0.375. The summed E-state index contributed by atoms with van der Waals surface area (Å²) in [4.78, 5) is 18.1. The van der Waals surface area contributed by atoms with E-state index in [0.29, 0.717) is 25.7 Å². The quantitative estimate of drug-likeness (QED) is 0.862. The van der Waals surface area contributed by atoms with Crippen LogP contribution in [0.4, 0.5) is 13.2 Å². The third-order valence-electron chi connectivity index (χ3n) is 4.11. The highest BCUT2D eigenvalue weighted by Gasteiger charge is 2.23. The highest BCUT2D eigenvalue weighted by atomic mass is 19.2. The molecule has 1 unspecified atom stereocenters. The van der Waals surface area contributed by atoms with Gasteiger partial charge in [0.25, 0.3) is 0 Å². The zero-order valence-electron chi connectivity index (χ0n) is 12.9. The third-order valence-corrected chi connectivity index (χ3v) is 4.11. The van der Waals surface area contributed by atoms with Crippen LogP contribution in [0.25, 0.3) is 0 Å². The zero-order valence-corrected chi connectivity index (χ0v) is 12.9. The third kappa shape index (κ3) is 3.43. The van der Waals surface area contributed by atoms with Gasteiger partial charge in [-0.15, -0.1) is 0 Å². The first kappa shape index (κ1) is 16.5. The van der Waals surface area contributed by atoms with Crippen LogP contribution in [0.3, 0.4) is 0 Å². The van der Waals surface area contributed by atoms with E-state index < -0.39 is 23.5 Å². The molecule has 128 valence electrons. The van der Waals surface area contributed by atoms with E-state index in [1.165, 1.54) is 0 Å². The fourth-order valence-corrected chi connectivity index (χ4v) is 2.81. The molecule has 1 amide bonds. The second-order valence-corrected chi connectivity index (χ2v) is 5.88. The van der Waals surface area contributed by atoms with Crippen molar-refractivity contribution in [2.75, 3.05) is 6.54 Å². The number of hydrogen-bond acceptors (Lipinski definition) is 3. The second kappa shape index (κ2) is 6.64. The molecule has 24 heavy (non-hydrogen) atoms. The Labute approximate surface area is 136 Å². The lowest BCUT2D eigenvalue weighted by molar-refractivity contribution is -0.133. The Bertz CT molecular complexity index is 762. The van der Waals surface area contributed by atoms with Gasteiger partial charge in [0.05, 0.1) is 6.54 Å². The van der Waals surface area contributed by atoms with Crippen molar-refractivity contribution in [3.05, 3.63) is 53.4 Å². The molecule has 1 aromatic carbocycles. The molecule has 0 fully saturated rings. The highest BCUT2D eigenvalue weighted by molar-refractivity contribution is 5.76. The van der Waals surface area contributed by atoms with Gasteiger partial charge < -0.3 is 15.2 Å². The first-order chi connectivity index (χ1) is 11.4. The highest BCUT2D eigenvalue weighted by Crippen LogP contribution is 2.17. The molecule has 0 bridgehead atoms. The van der Waals surface area contributed by atoms with Gasteiger partial charge in [0, 0.05) is 44.0 Å². The number of halogens is 3. The number of carbonyl (C=O) groups is 1. The number of nitrogens with two attached hydrogens (primary N) is 1. The van der Waals surface area contributed by atoms with E-state index in [2.05, 4.69) is 4.98 Å². The maximum atomic E-state index is 13.6. The summed E-state index contributed by atoms with van der Waals surface area (Å²) in [6.07, 6.45) is 3.49. The molecule has 0 spiro atoms. The summed E-state index contributed by atoms with van der Waals surface area (Å²) in [6.45, 7) is 1.61. The van der Waals surface area contributed by atoms with Gasteiger partial charge >= 0.3 is 0 Å². The van der Waals surface area contributed by atoms with Crippen LogP contribution in [0.2, 0.25) is 0 Å². The first-order valence-electron chi connectivity index (χ1n) is 7.61. The predicted octanol–water partition coefficient (Wildman–Crippen LogP) is 1.60. The minimum Gasteiger partial charge on any atom is -0.333 e. The summed E-state index contributed by atoms with van der Waals surface area (Å²) >= 11 is 0. The molecule has 2 heterocycles. The molecular formula is C16H17F3N4O. The summed E-state index contributed by atoms with van der Waals surface area (Å²) in [6, 6.07) is 0.592. The lowest BCUT2D eigenvalue weighted by atomic mass is 10.0. The fourth-order valence-electron chi connectivity index (χ4n) is 2.81. The number of fused-ring (bicyclic) bond motifs is 1. The number of rotatable bonds is 4. The number of benzene rings is 1. The average molecular weight is 338 g/mol. The summed E-state index contributed by atoms with van der Waals surface area (Å²) in [5.74, 6) is -2.61. The van der Waals surface area contributed by atoms with Crippen LogP contribution >= 0.6 is 0 Å². The van der Waals surface area contributed by atoms with E-state index >= 15 is 0 Å². The number of nitrogens with zero attached hydrogens (tertiary/aromatic N) is 3. The molecule has 5 nitrogen and oxygen atoms in total. The van der Waals surface area contributed by atoms with Crippen LogP contribution in [0, 0.1) is 17.5 Å². The van der Waals surface area contributed by atoms with Gasteiger partial charge in [0.1, 0.15) is 11.6 Å². The van der Waals surface area contributed by atoms with E-state index in [1.807, 2.05) is 10.8 Å². The molecular weight excluding hydrogens is 321 g/mol. The minimum atomic E-state index is -1.25. The van der Waals surface area contributed by atoms with Gasteiger partial charge in [0.15, 0.2) is 11.6 Å². The average Bonchev–Trinajstić information content (AvgIpc) is 3.00. The van der Waals surface area contributed by atoms with Gasteiger partial charge in [-0.25, -0.2) is 18.2 Å². The summed E-state index contributed by atoms with van der Waals surface area (Å²) in [5, 5.41) is 0. The summed E-state index contributed by atoms with van der Waals surface area (Å²) in [7, 11) is 0. The van der Waals surface area contributed by atoms with Crippen molar-refractivity contribution in [2.45, 2.75) is 32.0 Å². The van der Waals surface area contributed by atoms with Crippen molar-refractivity contribution in [3.8, 4) is 0 Å². The van der Waals surface area contributed by atoms with Crippen LogP contribution < -0.4 is 5.73 Å². The molecule has 0 saturated heterocycles. The van der Waals surface area contributed by atoms with Crippen molar-refractivity contribution in [1.29, 1.82) is 0 Å². The van der Waals surface area contributed by atoms with Gasteiger partial charge in [-0.05, 0) is 18.1 Å². The Hall–Kier alpha value is -2.35. The smallest absolute Gasteiger partial charge is 0.224 e. The van der Waals surface area contributed by atoms with Crippen LogP contribution in [0.5, 0.6) is 0 Å². The Kier molecular flexibility index (Phi) is 4.57. The van der Waals surface area contributed by atoms with Crippen LogP contribution in [0.1, 0.15) is 17.8 Å². The zero-order chi connectivity index (χ0) is 17.3. The maximum Gasteiger partial charge on any atom is 0.224 e. The second-order valence-electron chi connectivity index (χ2n) is 5.88. The van der Waals surface area contributed by atoms with Crippen molar-refractivity contribution in [3.63, 3.8) is 0 Å². The van der Waals surface area contributed by atoms with E-state index in [4.69, 9.17) is 5.73 Å². The van der Waals surface area contributed by atoms with Gasteiger partial charge in [-0.3, -0.25) is 4.79 Å². The SMILES string of the molecule is NC(CC(=O)N1CCn2ccnc2C1)Cc1cc(F)c(F)cc1F. The predicted molar refractivity (Wildman–Crippen MR) is 80.3 cm³/mol. The molecule has 8 heteroatoms. The van der Waals surface area contributed by atoms with E-state index in [1.54, 1.807) is 11.1 Å². The lowest BCUT2D eigenvalue weighted by Crippen LogP contribution is -2.41. The molecule has 0 aliphatic carbocycles. The first-order valence-corrected chi connectivity index (χ1v) is 7.61. The molecule has 2 aromatic rings. The normalized spacial score (nSPS) is 15.2. The molecule has 1 aromatic heterocycles. The van der Waals surface area contributed by atoms with Crippen molar-refractivity contribution < 1.29 is 18.0 Å². The van der Waals surface area contributed by atoms with Gasteiger partial charge in [0.2, 0.25) is 5.91 Å². The molecule has 1 atom stereocenters. The molecule has 1 aliphatic heterocycles. The largest absolute Gasteiger partial charge is 0.333 e. The molecule has 0 saturated carbocycles. The minimum absolute atomic E-state index is 0.000849. The number of hydrogen-bond donors (Lipinski definition) is 1. The summed E-state index contributed by atoms with van der Waals surface area (Å²) in [5.41, 5.74) is 5.86. The number of amides is 1. The topological polar surface area (TPSA) is 64.2 Å². The number of aromatic nitrogens is 2. The van der Waals surface area contributed by atoms with Gasteiger partial charge in [-0.2, -0.15) is 0 Å². The Morgan fingerprint density at radius 3 is 2.75 bits per heavy atom. The molecule has 1 aliphatic rings. The molecule has 2 N–H and O–H groups in total. The Morgan fingerprint density at radius 2 is 1.96 bits per heavy atom. The Morgan fingerprint density at radius 1 is 1.21 bits per heavy atom. The molecule has 0 radical (unpaired) electrons. The van der Waals surface area contributed by atoms with Crippen molar-refractivity contribution in [2.24, 2.45) is 5.73 Å².